The summed E-state index contributed by atoms with van der Waals surface area (Å²) in [5.74, 6) is -1.77. The quantitative estimate of drug-likeness (QED) is 0.0575. The van der Waals surface area contributed by atoms with Crippen molar-refractivity contribution in [3.8, 4) is 27.7 Å². The van der Waals surface area contributed by atoms with Gasteiger partial charge in [0.2, 0.25) is 17.7 Å². The van der Waals surface area contributed by atoms with E-state index < -0.39 is 59.3 Å². The first-order valence-corrected chi connectivity index (χ1v) is 22.6. The van der Waals surface area contributed by atoms with E-state index in [-0.39, 0.29) is 37.6 Å². The third kappa shape index (κ3) is 12.1. The first-order valence-electron chi connectivity index (χ1n) is 21.7. The second kappa shape index (κ2) is 21.4. The minimum atomic E-state index is -1.26. The Morgan fingerprint density at radius 2 is 1.58 bits per heavy atom. The highest BCUT2D eigenvalue weighted by Crippen LogP contribution is 2.28. The highest BCUT2D eigenvalue weighted by Gasteiger charge is 2.39. The lowest BCUT2D eigenvalue weighted by molar-refractivity contribution is -0.130. The predicted molar refractivity (Wildman–Crippen MR) is 250 cm³/mol. The van der Waals surface area contributed by atoms with E-state index in [1.807, 2.05) is 98.8 Å². The summed E-state index contributed by atoms with van der Waals surface area (Å²) in [5.41, 5.74) is 3.35. The molecule has 0 bridgehead atoms. The minimum absolute atomic E-state index is 0.0288. The summed E-state index contributed by atoms with van der Waals surface area (Å²) in [5, 5.41) is 42.0. The Bertz CT molecular complexity index is 2560. The molecule has 3 amide bonds. The standard InChI is InChI=1S/C49H58N8O7S/c1-7-31(2)42(57-29-41(59)56(47(57)62)28-37-30-65-46(53-37)35-16-13-22-50-27-35)44(60)54-39(25-32-14-9-8-10-15-32)40(58)26-36(52-45(61)43(49(3,4)5)55(6)48(63)64)24-33-18-20-34(21-19-33)38-17-11-12-23-51-38/h8-23,27,29-31,36,39-40,42-43,58-59H,7,24-26,28H2,1-6H3,(H,52,61)(H,54,60)(H,63,64)/t31?,36-,39-,40-,42-,43+/m0/s1. The second-order valence-corrected chi connectivity index (χ2v) is 18.4. The van der Waals surface area contributed by atoms with Gasteiger partial charge in [-0.15, -0.1) is 11.3 Å². The number of aromatic hydroxyl groups is 1. The molecule has 5 N–H and O–H groups in total. The summed E-state index contributed by atoms with van der Waals surface area (Å²) < 4.78 is 2.41. The highest BCUT2D eigenvalue weighted by molar-refractivity contribution is 7.13. The van der Waals surface area contributed by atoms with Crippen LogP contribution in [0.5, 0.6) is 5.88 Å². The first kappa shape index (κ1) is 47.8. The fraction of sp³-hybridized carbons (Fsp3) is 0.367. The SMILES string of the molecule is CCC(C)[C@@H](C(=O)N[C@@H](Cc1ccccc1)[C@@H](O)C[C@H](Cc1ccc(-c2ccccn2)cc1)NC(=O)[C@@H](N(C)C(=O)O)C(C)(C)C)n1cc(O)n(Cc2csc(-c3cccnc3)n2)c1=O. The number of carboxylic acid groups (broad SMARTS) is 1. The van der Waals surface area contributed by atoms with Gasteiger partial charge in [-0.2, -0.15) is 0 Å². The van der Waals surface area contributed by atoms with Crippen LogP contribution in [0.15, 0.2) is 120 Å². The number of pyridine rings is 2. The molecule has 0 aliphatic rings. The number of amides is 3. The van der Waals surface area contributed by atoms with E-state index in [0.29, 0.717) is 17.1 Å². The van der Waals surface area contributed by atoms with Gasteiger partial charge in [-0.1, -0.05) is 102 Å². The molecule has 0 saturated heterocycles. The van der Waals surface area contributed by atoms with Crippen LogP contribution in [0.25, 0.3) is 21.8 Å². The number of carbonyl (C=O) groups excluding carboxylic acids is 2. The molecule has 0 aliphatic carbocycles. The van der Waals surface area contributed by atoms with E-state index >= 15 is 0 Å². The van der Waals surface area contributed by atoms with Crippen LogP contribution in [-0.4, -0.2) is 93.5 Å². The van der Waals surface area contributed by atoms with Gasteiger partial charge in [0, 0.05) is 48.2 Å². The second-order valence-electron chi connectivity index (χ2n) is 17.6. The molecule has 0 saturated carbocycles. The molecule has 0 fully saturated rings. The topological polar surface area (TPSA) is 205 Å². The Kier molecular flexibility index (Phi) is 15.7. The molecule has 4 aromatic heterocycles. The molecule has 15 nitrogen and oxygen atoms in total. The molecular formula is C49H58N8O7S. The van der Waals surface area contributed by atoms with Crippen LogP contribution in [0.1, 0.15) is 70.3 Å². The molecule has 6 atom stereocenters. The maximum atomic E-state index is 14.7. The van der Waals surface area contributed by atoms with Crippen LogP contribution >= 0.6 is 11.3 Å². The lowest BCUT2D eigenvalue weighted by Gasteiger charge is -2.37. The maximum Gasteiger partial charge on any atom is 0.407 e. The van der Waals surface area contributed by atoms with Gasteiger partial charge in [-0.25, -0.2) is 14.6 Å². The predicted octanol–water partition coefficient (Wildman–Crippen LogP) is 6.80. The van der Waals surface area contributed by atoms with Crippen molar-refractivity contribution in [3.05, 3.63) is 142 Å². The van der Waals surface area contributed by atoms with Crippen molar-refractivity contribution in [2.75, 3.05) is 7.05 Å². The number of nitrogens with zero attached hydrogens (tertiary/aromatic N) is 6. The van der Waals surface area contributed by atoms with Gasteiger partial charge in [-0.3, -0.25) is 33.6 Å². The zero-order valence-corrected chi connectivity index (χ0v) is 38.4. The number of rotatable bonds is 19. The van der Waals surface area contributed by atoms with Crippen molar-refractivity contribution in [3.63, 3.8) is 0 Å². The maximum absolute atomic E-state index is 14.7. The Balaban J connectivity index is 1.29. The molecule has 6 aromatic rings. The fourth-order valence-corrected chi connectivity index (χ4v) is 8.92. The van der Waals surface area contributed by atoms with E-state index in [0.717, 1.165) is 32.8 Å². The summed E-state index contributed by atoms with van der Waals surface area (Å²) >= 11 is 1.39. The van der Waals surface area contributed by atoms with Crippen LogP contribution in [-0.2, 0) is 29.0 Å². The van der Waals surface area contributed by atoms with E-state index in [4.69, 9.17) is 0 Å². The molecule has 0 aliphatic heterocycles. The van der Waals surface area contributed by atoms with Crippen molar-refractivity contribution in [1.82, 2.24) is 39.6 Å². The van der Waals surface area contributed by atoms with Crippen molar-refractivity contribution in [2.45, 2.75) is 97.1 Å². The summed E-state index contributed by atoms with van der Waals surface area (Å²) in [4.78, 5) is 69.3. The van der Waals surface area contributed by atoms with Crippen molar-refractivity contribution in [1.29, 1.82) is 0 Å². The van der Waals surface area contributed by atoms with Gasteiger partial charge < -0.3 is 26.0 Å². The lowest BCUT2D eigenvalue weighted by atomic mass is 9.84. The molecule has 1 unspecified atom stereocenters. The van der Waals surface area contributed by atoms with Crippen LogP contribution < -0.4 is 16.3 Å². The number of imidazole rings is 1. The summed E-state index contributed by atoms with van der Waals surface area (Å²) in [7, 11) is 1.36. The first-order chi connectivity index (χ1) is 31.0. The number of aliphatic hydroxyl groups is 1. The summed E-state index contributed by atoms with van der Waals surface area (Å²) in [6, 6.07) is 22.6. The average molecular weight is 903 g/mol. The number of hydrogen-bond acceptors (Lipinski definition) is 10. The molecule has 16 heteroatoms. The minimum Gasteiger partial charge on any atom is -0.493 e. The van der Waals surface area contributed by atoms with E-state index in [1.54, 1.807) is 44.7 Å². The molecule has 0 radical (unpaired) electrons. The van der Waals surface area contributed by atoms with Gasteiger partial charge in [0.15, 0.2) is 0 Å². The normalized spacial score (nSPS) is 14.4. The van der Waals surface area contributed by atoms with Crippen LogP contribution in [0.4, 0.5) is 4.79 Å². The molecule has 4 heterocycles. The largest absolute Gasteiger partial charge is 0.493 e. The number of carbonyl (C=O) groups is 3. The smallest absolute Gasteiger partial charge is 0.407 e. The summed E-state index contributed by atoms with van der Waals surface area (Å²) in [6.45, 7) is 9.08. The Morgan fingerprint density at radius 1 is 0.877 bits per heavy atom. The number of likely N-dealkylation sites (N-methyl/N-ethyl adjacent to an activating group) is 1. The van der Waals surface area contributed by atoms with Gasteiger partial charge in [0.05, 0.1) is 36.3 Å². The third-order valence-corrected chi connectivity index (χ3v) is 12.6. The number of aromatic nitrogens is 5. The number of nitrogens with one attached hydrogen (secondary N) is 2. The number of aliphatic hydroxyl groups excluding tert-OH is 1. The molecule has 6 rings (SSSR count). The van der Waals surface area contributed by atoms with Crippen LogP contribution in [0.3, 0.4) is 0 Å². The van der Waals surface area contributed by atoms with E-state index in [1.165, 1.54) is 33.7 Å². The van der Waals surface area contributed by atoms with Gasteiger partial charge >= 0.3 is 11.8 Å². The molecule has 2 aromatic carbocycles. The van der Waals surface area contributed by atoms with E-state index in [2.05, 4.69) is 25.6 Å². The number of hydrogen-bond donors (Lipinski definition) is 5. The average Bonchev–Trinajstić information content (AvgIpc) is 3.87. The van der Waals surface area contributed by atoms with Gasteiger partial charge in [0.25, 0.3) is 0 Å². The Labute approximate surface area is 382 Å². The third-order valence-electron chi connectivity index (χ3n) is 11.6. The van der Waals surface area contributed by atoms with Gasteiger partial charge in [-0.05, 0) is 66.0 Å². The number of thiazole rings is 1. The van der Waals surface area contributed by atoms with Crippen LogP contribution in [0, 0.1) is 11.3 Å². The zero-order valence-electron chi connectivity index (χ0n) is 37.5. The van der Waals surface area contributed by atoms with E-state index in [9.17, 15) is 34.5 Å². The Morgan fingerprint density at radius 3 is 2.22 bits per heavy atom. The van der Waals surface area contributed by atoms with Crippen molar-refractivity contribution < 1.29 is 29.7 Å². The summed E-state index contributed by atoms with van der Waals surface area (Å²) in [6.07, 6.45) is 4.80. The van der Waals surface area contributed by atoms with Crippen LogP contribution in [0.2, 0.25) is 0 Å². The molecule has 65 heavy (non-hydrogen) atoms. The lowest BCUT2D eigenvalue weighted by Crippen LogP contribution is -2.57. The fourth-order valence-electron chi connectivity index (χ4n) is 8.12. The van der Waals surface area contributed by atoms with Gasteiger partial charge in [0.1, 0.15) is 17.1 Å². The monoisotopic (exact) mass is 902 g/mol. The number of benzene rings is 2. The highest BCUT2D eigenvalue weighted by atomic mass is 32.1. The molecular weight excluding hydrogens is 845 g/mol. The zero-order chi connectivity index (χ0) is 46.8. The molecule has 0 spiro atoms. The van der Waals surface area contributed by atoms with Crippen molar-refractivity contribution in [2.24, 2.45) is 11.3 Å². The Hall–Kier alpha value is -6.65. The molecule has 342 valence electrons. The van der Waals surface area contributed by atoms with Crippen molar-refractivity contribution >= 4 is 29.2 Å².